The van der Waals surface area contributed by atoms with Crippen LogP contribution < -0.4 is 32.4 Å². The van der Waals surface area contributed by atoms with Crippen molar-refractivity contribution in [2.45, 2.75) is 42.2 Å². The number of carboxylic acid groups (broad SMARTS) is 3. The molecule has 2 aliphatic heterocycles. The number of thiazole rings is 1. The van der Waals surface area contributed by atoms with E-state index in [2.05, 4.69) is 20.4 Å². The maximum Gasteiger partial charge on any atom is 0.430 e. The van der Waals surface area contributed by atoms with Crippen molar-refractivity contribution in [3.05, 3.63) is 34.6 Å². The maximum atomic E-state index is 13.2. The molecule has 2 aromatic heterocycles. The quantitative estimate of drug-likeness (QED) is 0.0297. The monoisotopic (exact) mass is 723 g/mol. The number of rotatable bonds is 10. The number of thioether (sulfide) groups is 2. The van der Waals surface area contributed by atoms with E-state index in [0.29, 0.717) is 10.7 Å². The van der Waals surface area contributed by atoms with Gasteiger partial charge in [-0.15, -0.1) is 27.8 Å². The number of halogens is 3. The van der Waals surface area contributed by atoms with Gasteiger partial charge < -0.3 is 41.7 Å². The Morgan fingerprint density at radius 3 is 2.43 bits per heavy atom. The van der Waals surface area contributed by atoms with Crippen LogP contribution in [0.15, 0.2) is 39.2 Å². The van der Waals surface area contributed by atoms with Gasteiger partial charge in [-0.1, -0.05) is 5.16 Å². The summed E-state index contributed by atoms with van der Waals surface area (Å²) in [5.74, 6) is -0.644. The topological polar surface area (TPSA) is 293 Å². The van der Waals surface area contributed by atoms with E-state index in [1.807, 2.05) is 0 Å². The average Bonchev–Trinajstić information content (AvgIpc) is 3.40. The molecule has 9 N–H and O–H groups in total. The van der Waals surface area contributed by atoms with E-state index < -0.39 is 58.6 Å². The molecule has 2 aliphatic rings. The predicted molar refractivity (Wildman–Crippen MR) is 156 cm³/mol. The molecule has 1 fully saturated rings. The summed E-state index contributed by atoms with van der Waals surface area (Å²) < 4.78 is 32.8. The molecule has 24 heteroatoms. The summed E-state index contributed by atoms with van der Waals surface area (Å²) in [5.41, 5.74) is 9.50. The smallest absolute Gasteiger partial charge is 0.430 e. The van der Waals surface area contributed by atoms with Crippen LogP contribution in [0.4, 0.5) is 24.1 Å². The first-order valence-corrected chi connectivity index (χ1v) is 15.4. The zero-order valence-corrected chi connectivity index (χ0v) is 26.3. The lowest BCUT2D eigenvalue weighted by Crippen LogP contribution is -2.71. The Hall–Kier alpha value is -4.84. The van der Waals surface area contributed by atoms with Crippen molar-refractivity contribution in [1.82, 2.24) is 20.2 Å². The number of aromatic nitrogens is 3. The van der Waals surface area contributed by atoms with Gasteiger partial charge >= 0.3 is 23.3 Å². The van der Waals surface area contributed by atoms with E-state index in [9.17, 15) is 42.6 Å². The number of nitrogens with two attached hydrogens (primary N) is 3. The van der Waals surface area contributed by atoms with Crippen molar-refractivity contribution in [2.24, 2.45) is 5.16 Å². The van der Waals surface area contributed by atoms with Crippen LogP contribution in [0.1, 0.15) is 19.5 Å². The first-order chi connectivity index (χ1) is 21.7. The average molecular weight is 724 g/mol. The van der Waals surface area contributed by atoms with E-state index in [-0.39, 0.29) is 33.8 Å². The van der Waals surface area contributed by atoms with Gasteiger partial charge in [-0.05, 0) is 36.2 Å². The van der Waals surface area contributed by atoms with Crippen LogP contribution in [0.3, 0.4) is 0 Å². The second-order valence-corrected chi connectivity index (χ2v) is 12.6. The second kappa shape index (κ2) is 14.3. The summed E-state index contributed by atoms with van der Waals surface area (Å²) in [6.45, 7) is 2.47. The zero-order valence-electron chi connectivity index (χ0n) is 23.9. The van der Waals surface area contributed by atoms with Crippen LogP contribution in [-0.4, -0.2) is 95.2 Å². The Balaban J connectivity index is 0.000000771. The number of carbonyl (C=O) groups is 5. The van der Waals surface area contributed by atoms with Gasteiger partial charge in [0.15, 0.2) is 10.8 Å². The Labute approximate surface area is 273 Å². The molecule has 0 saturated carbocycles. The summed E-state index contributed by atoms with van der Waals surface area (Å²) in [4.78, 5) is 72.9. The molecule has 2 amide bonds. The van der Waals surface area contributed by atoms with E-state index in [1.165, 1.54) is 47.9 Å². The lowest BCUT2D eigenvalue weighted by molar-refractivity contribution is -0.682. The van der Waals surface area contributed by atoms with Crippen LogP contribution in [-0.2, 0) is 28.8 Å². The molecule has 0 aromatic carbocycles. The van der Waals surface area contributed by atoms with E-state index >= 15 is 0 Å². The number of oxime groups is 1. The van der Waals surface area contributed by atoms with Crippen LogP contribution >= 0.6 is 34.9 Å². The van der Waals surface area contributed by atoms with Gasteiger partial charge in [0, 0.05) is 23.0 Å². The SMILES string of the molecule is CC(C)(O/N=C(\C(=O)NC1C(=O)N2C(C(=O)O)=C(CSc3nc(N)cc[n+]3N)CSC12)c1csc(N)n1)C(=O)O.O=C([O-])C(F)(F)F. The van der Waals surface area contributed by atoms with Crippen molar-refractivity contribution >= 4 is 81.2 Å². The minimum Gasteiger partial charge on any atom is -0.542 e. The van der Waals surface area contributed by atoms with E-state index in [4.69, 9.17) is 32.0 Å². The molecule has 0 bridgehead atoms. The minimum atomic E-state index is -5.19. The van der Waals surface area contributed by atoms with Crippen LogP contribution in [0.5, 0.6) is 0 Å². The highest BCUT2D eigenvalue weighted by molar-refractivity contribution is 8.01. The number of hydrogen-bond acceptors (Lipinski definition) is 16. The molecular formula is C23H24F3N9O9S3. The number of amides is 2. The lowest BCUT2D eigenvalue weighted by Gasteiger charge is -2.49. The first-order valence-electron chi connectivity index (χ1n) is 12.5. The molecule has 0 aliphatic carbocycles. The summed E-state index contributed by atoms with van der Waals surface area (Å²) >= 11 is 3.44. The third-order valence-electron chi connectivity index (χ3n) is 5.85. The summed E-state index contributed by atoms with van der Waals surface area (Å²) in [6, 6.07) is 0.426. The number of nitrogens with one attached hydrogen (secondary N) is 1. The molecule has 4 heterocycles. The number of aliphatic carboxylic acids is 3. The zero-order chi connectivity index (χ0) is 35.4. The molecule has 2 atom stereocenters. The lowest BCUT2D eigenvalue weighted by atomic mass is 10.0. The van der Waals surface area contributed by atoms with Crippen molar-refractivity contribution in [2.75, 3.05) is 28.8 Å². The van der Waals surface area contributed by atoms with Crippen LogP contribution in [0, 0.1) is 0 Å². The highest BCUT2D eigenvalue weighted by Gasteiger charge is 2.54. The Morgan fingerprint density at radius 2 is 1.89 bits per heavy atom. The van der Waals surface area contributed by atoms with Gasteiger partial charge in [0.05, 0.1) is 0 Å². The standard InChI is InChI=1S/C21H23N9O7S3.C2HF3O2/c1-21(2,18(35)36)37-28-11(9-7-39-19(23)25-9)14(31)27-12-15(32)30-13(17(33)34)8(5-38-16(12)30)6-40-20-26-10(22)3-4-29(20)24;3-2(4,5)1(6)7/h3-4,7,12,16,22H,5-6,24H2,1-2H3,(H5,23,25,27,31,33,34,35,36);(H,6,7)/b28-11-;. The summed E-state index contributed by atoms with van der Waals surface area (Å²) in [5, 5.41) is 35.4. The first kappa shape index (κ1) is 36.6. The van der Waals surface area contributed by atoms with Crippen LogP contribution in [0.2, 0.25) is 0 Å². The highest BCUT2D eigenvalue weighted by Crippen LogP contribution is 2.41. The molecule has 0 radical (unpaired) electrons. The van der Waals surface area contributed by atoms with Gasteiger partial charge in [-0.3, -0.25) is 20.3 Å². The molecule has 2 aromatic rings. The number of anilines is 2. The molecular weight excluding hydrogens is 700 g/mol. The molecule has 1 saturated heterocycles. The van der Waals surface area contributed by atoms with Gasteiger partial charge in [0.1, 0.15) is 35.0 Å². The molecule has 254 valence electrons. The van der Waals surface area contributed by atoms with E-state index in [1.54, 1.807) is 0 Å². The number of carboxylic acids is 3. The van der Waals surface area contributed by atoms with Crippen molar-refractivity contribution in [3.63, 3.8) is 0 Å². The van der Waals surface area contributed by atoms with Crippen molar-refractivity contribution in [1.29, 1.82) is 0 Å². The Kier molecular flexibility index (Phi) is 11.1. The van der Waals surface area contributed by atoms with Crippen molar-refractivity contribution in [3.8, 4) is 0 Å². The minimum absolute atomic E-state index is 0.0128. The third kappa shape index (κ3) is 8.70. The molecule has 2 unspecified atom stereocenters. The fraction of sp³-hybridized carbons (Fsp3) is 0.348. The molecule has 18 nitrogen and oxygen atoms in total. The number of fused-ring (bicyclic) bond motifs is 1. The number of nitrogens with zero attached hydrogens (tertiary/aromatic N) is 5. The normalized spacial score (nSPS) is 17.9. The van der Waals surface area contributed by atoms with Gasteiger partial charge in [0.25, 0.3) is 11.8 Å². The van der Waals surface area contributed by atoms with Crippen molar-refractivity contribution < 1.29 is 62.0 Å². The Bertz CT molecular complexity index is 1670. The fourth-order valence-electron chi connectivity index (χ4n) is 3.49. The third-order valence-corrected chi connectivity index (χ3v) is 8.92. The number of hydrogen-bond donors (Lipinski definition) is 6. The molecule has 47 heavy (non-hydrogen) atoms. The Morgan fingerprint density at radius 1 is 1.26 bits per heavy atom. The number of alkyl halides is 3. The number of nitrogen functional groups attached to an aromatic ring is 3. The highest BCUT2D eigenvalue weighted by atomic mass is 32.2. The number of carbonyl (C=O) groups excluding carboxylic acids is 3. The summed E-state index contributed by atoms with van der Waals surface area (Å²) in [6.07, 6.45) is -3.68. The van der Waals surface area contributed by atoms with E-state index in [0.717, 1.165) is 28.0 Å². The molecule has 4 rings (SSSR count). The molecule has 0 spiro atoms. The number of β-lactam (4-membered cyclic amide) rings is 1. The van der Waals surface area contributed by atoms with Gasteiger partial charge in [-0.25, -0.2) is 14.6 Å². The fourth-order valence-corrected chi connectivity index (χ4v) is 6.43. The summed E-state index contributed by atoms with van der Waals surface area (Å²) in [7, 11) is 0. The predicted octanol–water partition coefficient (Wildman–Crippen LogP) is -1.88. The van der Waals surface area contributed by atoms with Gasteiger partial charge in [0.2, 0.25) is 11.4 Å². The van der Waals surface area contributed by atoms with Gasteiger partial charge in [-0.2, -0.15) is 13.2 Å². The second-order valence-electron chi connectivity index (χ2n) is 9.65. The largest absolute Gasteiger partial charge is 0.542 e. The maximum absolute atomic E-state index is 13.2. The van der Waals surface area contributed by atoms with Crippen LogP contribution in [0.25, 0.3) is 0 Å².